The minimum absolute atomic E-state index is 0.124. The van der Waals surface area contributed by atoms with E-state index in [-0.39, 0.29) is 10.8 Å². The number of aliphatic hydroxyl groups excluding tert-OH is 1. The molecular weight excluding hydrogens is 396 g/mol. The average molecular weight is 439 g/mol. The molecule has 1 aliphatic rings. The quantitative estimate of drug-likeness (QED) is 0.600. The lowest BCUT2D eigenvalue weighted by Gasteiger charge is -2.35. The fourth-order valence-corrected chi connectivity index (χ4v) is 4.94. The number of nitrogens with zero attached hydrogens (tertiary/aromatic N) is 2. The Morgan fingerprint density at radius 1 is 0.844 bits per heavy atom. The number of benzene rings is 2. The van der Waals surface area contributed by atoms with Gasteiger partial charge < -0.3 is 9.84 Å². The highest BCUT2D eigenvalue weighted by atomic mass is 16.5. The summed E-state index contributed by atoms with van der Waals surface area (Å²) in [5.74, 6) is 0.826. The molecule has 0 saturated carbocycles. The van der Waals surface area contributed by atoms with Crippen LogP contribution in [-0.4, -0.2) is 60.3 Å². The highest BCUT2D eigenvalue weighted by molar-refractivity contribution is 5.31. The van der Waals surface area contributed by atoms with Gasteiger partial charge in [-0.3, -0.25) is 9.80 Å². The molecule has 1 saturated heterocycles. The number of hydrogen-bond donors (Lipinski definition) is 1. The molecule has 1 aliphatic heterocycles. The summed E-state index contributed by atoms with van der Waals surface area (Å²) < 4.78 is 5.89. The number of ether oxygens (including phenoxy) is 1. The SMILES string of the molecule is CC(C)(C)CC(C)(C)c1ccc(OC[C@H](O)CN2CCN(Cc3ccccc3)CC2)cc1. The van der Waals surface area contributed by atoms with Gasteiger partial charge in [-0.1, -0.05) is 77.1 Å². The third kappa shape index (κ3) is 7.91. The highest BCUT2D eigenvalue weighted by Gasteiger charge is 2.27. The fourth-order valence-electron chi connectivity index (χ4n) is 4.94. The monoisotopic (exact) mass is 438 g/mol. The lowest BCUT2D eigenvalue weighted by molar-refractivity contribution is 0.0446. The van der Waals surface area contributed by atoms with Gasteiger partial charge in [0.05, 0.1) is 0 Å². The molecular formula is C28H42N2O2. The van der Waals surface area contributed by atoms with Crippen LogP contribution in [0.4, 0.5) is 0 Å². The van der Waals surface area contributed by atoms with Gasteiger partial charge in [0.1, 0.15) is 18.5 Å². The summed E-state index contributed by atoms with van der Waals surface area (Å²) in [7, 11) is 0. The molecule has 4 heteroatoms. The van der Waals surface area contributed by atoms with Crippen molar-refractivity contribution in [2.75, 3.05) is 39.3 Å². The van der Waals surface area contributed by atoms with Crippen molar-refractivity contribution < 1.29 is 9.84 Å². The van der Waals surface area contributed by atoms with Gasteiger partial charge >= 0.3 is 0 Å². The van der Waals surface area contributed by atoms with Crippen LogP contribution >= 0.6 is 0 Å². The maximum Gasteiger partial charge on any atom is 0.119 e. The first-order chi connectivity index (χ1) is 15.1. The Morgan fingerprint density at radius 3 is 2.03 bits per heavy atom. The minimum atomic E-state index is -0.479. The van der Waals surface area contributed by atoms with Crippen LogP contribution < -0.4 is 4.74 Å². The Morgan fingerprint density at radius 2 is 1.44 bits per heavy atom. The van der Waals surface area contributed by atoms with Crippen molar-refractivity contribution in [3.05, 3.63) is 65.7 Å². The third-order valence-electron chi connectivity index (χ3n) is 6.23. The maximum absolute atomic E-state index is 10.5. The van der Waals surface area contributed by atoms with Crippen LogP contribution in [-0.2, 0) is 12.0 Å². The molecule has 2 aromatic carbocycles. The van der Waals surface area contributed by atoms with Crippen molar-refractivity contribution >= 4 is 0 Å². The van der Waals surface area contributed by atoms with Gasteiger partial charge in [0.25, 0.3) is 0 Å². The van der Waals surface area contributed by atoms with Gasteiger partial charge in [0.2, 0.25) is 0 Å². The second-order valence-corrected chi connectivity index (χ2v) is 11.2. The van der Waals surface area contributed by atoms with Crippen molar-refractivity contribution in [3.8, 4) is 5.75 Å². The molecule has 1 heterocycles. The van der Waals surface area contributed by atoms with E-state index in [2.05, 4.69) is 86.9 Å². The molecule has 0 spiro atoms. The summed E-state index contributed by atoms with van der Waals surface area (Å²) in [6, 6.07) is 19.0. The second kappa shape index (κ2) is 10.8. The molecule has 0 aliphatic carbocycles. The first kappa shape index (κ1) is 24.8. The van der Waals surface area contributed by atoms with E-state index in [1.165, 1.54) is 11.1 Å². The van der Waals surface area contributed by atoms with E-state index in [9.17, 15) is 5.11 Å². The van der Waals surface area contributed by atoms with Crippen LogP contribution in [0.2, 0.25) is 0 Å². The van der Waals surface area contributed by atoms with Crippen molar-refractivity contribution in [3.63, 3.8) is 0 Å². The molecule has 1 N–H and O–H groups in total. The Kier molecular flexibility index (Phi) is 8.37. The first-order valence-corrected chi connectivity index (χ1v) is 12.0. The molecule has 0 aromatic heterocycles. The second-order valence-electron chi connectivity index (χ2n) is 11.2. The van der Waals surface area contributed by atoms with E-state index in [0.29, 0.717) is 13.2 Å². The zero-order valence-electron chi connectivity index (χ0n) is 20.7. The summed E-state index contributed by atoms with van der Waals surface area (Å²) in [6.45, 7) is 17.5. The van der Waals surface area contributed by atoms with Crippen LogP contribution in [0.1, 0.15) is 52.2 Å². The Bertz CT molecular complexity index is 804. The summed E-state index contributed by atoms with van der Waals surface area (Å²) in [5, 5.41) is 10.5. The smallest absolute Gasteiger partial charge is 0.119 e. The van der Waals surface area contributed by atoms with E-state index >= 15 is 0 Å². The first-order valence-electron chi connectivity index (χ1n) is 12.0. The average Bonchev–Trinajstić information content (AvgIpc) is 2.73. The molecule has 0 radical (unpaired) electrons. The molecule has 176 valence electrons. The summed E-state index contributed by atoms with van der Waals surface area (Å²) in [4.78, 5) is 4.82. The largest absolute Gasteiger partial charge is 0.491 e. The van der Waals surface area contributed by atoms with Crippen molar-refractivity contribution in [2.45, 2.75) is 59.1 Å². The third-order valence-corrected chi connectivity index (χ3v) is 6.23. The number of hydrogen-bond acceptors (Lipinski definition) is 4. The normalized spacial score (nSPS) is 17.3. The van der Waals surface area contributed by atoms with E-state index < -0.39 is 6.10 Å². The highest BCUT2D eigenvalue weighted by Crippen LogP contribution is 2.36. The van der Waals surface area contributed by atoms with Crippen LogP contribution in [0.3, 0.4) is 0 Å². The lowest BCUT2D eigenvalue weighted by Crippen LogP contribution is -2.48. The molecule has 32 heavy (non-hydrogen) atoms. The number of aliphatic hydroxyl groups is 1. The van der Waals surface area contributed by atoms with Gasteiger partial charge in [-0.15, -0.1) is 0 Å². The van der Waals surface area contributed by atoms with Crippen LogP contribution in [0, 0.1) is 5.41 Å². The molecule has 0 bridgehead atoms. The molecule has 0 amide bonds. The zero-order chi connectivity index (χ0) is 23.2. The summed E-state index contributed by atoms with van der Waals surface area (Å²) >= 11 is 0. The van der Waals surface area contributed by atoms with Gasteiger partial charge in [-0.25, -0.2) is 0 Å². The molecule has 4 nitrogen and oxygen atoms in total. The number of piperazine rings is 1. The van der Waals surface area contributed by atoms with Crippen LogP contribution in [0.25, 0.3) is 0 Å². The topological polar surface area (TPSA) is 35.9 Å². The van der Waals surface area contributed by atoms with Crippen molar-refractivity contribution in [2.24, 2.45) is 5.41 Å². The molecule has 1 fully saturated rings. The summed E-state index contributed by atoms with van der Waals surface area (Å²) in [5.41, 5.74) is 3.10. The minimum Gasteiger partial charge on any atom is -0.491 e. The predicted octanol–water partition coefficient (Wildman–Crippen LogP) is 4.96. The molecule has 1 atom stereocenters. The van der Waals surface area contributed by atoms with E-state index in [1.807, 2.05) is 12.1 Å². The van der Waals surface area contributed by atoms with Crippen LogP contribution in [0.15, 0.2) is 54.6 Å². The van der Waals surface area contributed by atoms with Gasteiger partial charge in [-0.2, -0.15) is 0 Å². The van der Waals surface area contributed by atoms with Crippen molar-refractivity contribution in [1.82, 2.24) is 9.80 Å². The van der Waals surface area contributed by atoms with Gasteiger partial charge in [-0.05, 0) is 40.5 Å². The fraction of sp³-hybridized carbons (Fsp3) is 0.571. The standard InChI is InChI=1S/C28H42N2O2/c1-27(2,3)22-28(4,5)24-11-13-26(14-12-24)32-21-25(31)20-30-17-15-29(16-18-30)19-23-9-7-6-8-10-23/h6-14,25,31H,15-22H2,1-5H3/t25-/m1/s1. The van der Waals surface area contributed by atoms with Crippen LogP contribution in [0.5, 0.6) is 5.75 Å². The Balaban J connectivity index is 1.39. The predicted molar refractivity (Wildman–Crippen MR) is 133 cm³/mol. The number of β-amino-alcohol motifs (C(OH)–C–C–N with tert-alkyl or cyclic N) is 1. The van der Waals surface area contributed by atoms with E-state index in [4.69, 9.17) is 4.74 Å². The molecule has 3 rings (SSSR count). The molecule has 2 aromatic rings. The van der Waals surface area contributed by atoms with E-state index in [1.54, 1.807) is 0 Å². The van der Waals surface area contributed by atoms with Gasteiger partial charge in [0.15, 0.2) is 0 Å². The Hall–Kier alpha value is -1.88. The van der Waals surface area contributed by atoms with E-state index in [0.717, 1.165) is 44.9 Å². The maximum atomic E-state index is 10.5. The number of rotatable bonds is 9. The summed E-state index contributed by atoms with van der Waals surface area (Å²) in [6.07, 6.45) is 0.644. The van der Waals surface area contributed by atoms with Gasteiger partial charge in [0, 0.05) is 39.3 Å². The zero-order valence-corrected chi connectivity index (χ0v) is 20.7. The lowest BCUT2D eigenvalue weighted by atomic mass is 9.72. The molecule has 0 unspecified atom stereocenters. The van der Waals surface area contributed by atoms with Crippen molar-refractivity contribution in [1.29, 1.82) is 0 Å². The Labute approximate surface area is 195 Å².